The topological polar surface area (TPSA) is 20.2 Å². The van der Waals surface area contributed by atoms with Gasteiger partial charge in [0.05, 0.1) is 13.3 Å². The van der Waals surface area contributed by atoms with Crippen molar-refractivity contribution >= 4 is 8.07 Å². The van der Waals surface area contributed by atoms with Crippen LogP contribution in [-0.4, -0.2) is 18.4 Å². The lowest BCUT2D eigenvalue weighted by Gasteiger charge is -2.48. The molecule has 0 saturated heterocycles. The van der Waals surface area contributed by atoms with E-state index in [0.717, 1.165) is 5.57 Å². The van der Waals surface area contributed by atoms with Crippen LogP contribution in [0.15, 0.2) is 11.6 Å². The van der Waals surface area contributed by atoms with Crippen LogP contribution in [0.3, 0.4) is 0 Å². The lowest BCUT2D eigenvalue weighted by molar-refractivity contribution is 0.168. The molecule has 0 rings (SSSR count). The average molecular weight is 214 g/mol. The van der Waals surface area contributed by atoms with Crippen molar-refractivity contribution in [2.45, 2.75) is 64.9 Å². The van der Waals surface area contributed by atoms with E-state index in [2.05, 4.69) is 33.9 Å². The summed E-state index contributed by atoms with van der Waals surface area (Å²) in [5.74, 6) is 0. The molecule has 0 radical (unpaired) electrons. The Labute approximate surface area is 90.2 Å². The van der Waals surface area contributed by atoms with Crippen molar-refractivity contribution in [1.82, 2.24) is 0 Å². The van der Waals surface area contributed by atoms with E-state index in [0.29, 0.717) is 0 Å². The first-order valence-corrected chi connectivity index (χ1v) is 8.34. The van der Waals surface area contributed by atoms with E-state index in [-0.39, 0.29) is 5.04 Å². The maximum atomic E-state index is 10.6. The van der Waals surface area contributed by atoms with Crippen molar-refractivity contribution in [3.63, 3.8) is 0 Å². The second kappa shape index (κ2) is 3.82. The Bertz CT molecular complexity index is 231. The van der Waals surface area contributed by atoms with Gasteiger partial charge in [-0.1, -0.05) is 39.9 Å². The summed E-state index contributed by atoms with van der Waals surface area (Å²) in [7, 11) is -1.73. The molecule has 0 aromatic carbocycles. The van der Waals surface area contributed by atoms with E-state index in [4.69, 9.17) is 0 Å². The summed E-state index contributed by atoms with van der Waals surface area (Å²) >= 11 is 0. The van der Waals surface area contributed by atoms with Gasteiger partial charge in [0, 0.05) is 0 Å². The van der Waals surface area contributed by atoms with Gasteiger partial charge in [0.25, 0.3) is 0 Å². The van der Waals surface area contributed by atoms with Crippen LogP contribution in [0.5, 0.6) is 0 Å². The fraction of sp³-hybridized carbons (Fsp3) is 0.833. The average Bonchev–Trinajstić information content (AvgIpc) is 2.00. The molecule has 0 amide bonds. The molecule has 0 bridgehead atoms. The Morgan fingerprint density at radius 2 is 1.50 bits per heavy atom. The lowest BCUT2D eigenvalue weighted by Crippen LogP contribution is -2.58. The van der Waals surface area contributed by atoms with Gasteiger partial charge in [0.15, 0.2) is 0 Å². The van der Waals surface area contributed by atoms with Crippen molar-refractivity contribution in [1.29, 1.82) is 0 Å². The Hall–Kier alpha value is -0.0831. The smallest absolute Gasteiger partial charge is 0.0953 e. The van der Waals surface area contributed by atoms with Gasteiger partial charge in [0.2, 0.25) is 0 Å². The molecule has 0 aliphatic rings. The Morgan fingerprint density at radius 1 is 1.14 bits per heavy atom. The highest BCUT2D eigenvalue weighted by Gasteiger charge is 2.49. The van der Waals surface area contributed by atoms with Crippen LogP contribution in [0.4, 0.5) is 0 Å². The van der Waals surface area contributed by atoms with Crippen molar-refractivity contribution in [3.8, 4) is 0 Å². The molecule has 0 unspecified atom stereocenters. The first-order chi connectivity index (χ1) is 5.98. The molecule has 1 atom stereocenters. The van der Waals surface area contributed by atoms with E-state index in [1.54, 1.807) is 0 Å². The van der Waals surface area contributed by atoms with Gasteiger partial charge in [-0.25, -0.2) is 0 Å². The molecule has 1 nitrogen and oxygen atoms in total. The van der Waals surface area contributed by atoms with Crippen LogP contribution in [0.2, 0.25) is 18.1 Å². The van der Waals surface area contributed by atoms with Gasteiger partial charge in [-0.05, 0) is 31.4 Å². The highest BCUT2D eigenvalue weighted by molar-refractivity contribution is 6.83. The molecule has 1 N–H and O–H groups in total. The van der Waals surface area contributed by atoms with Crippen molar-refractivity contribution in [3.05, 3.63) is 11.6 Å². The fourth-order valence-corrected chi connectivity index (χ4v) is 4.09. The number of rotatable bonds is 2. The van der Waals surface area contributed by atoms with Crippen LogP contribution in [0.1, 0.15) is 41.5 Å². The van der Waals surface area contributed by atoms with Gasteiger partial charge in [-0.2, -0.15) is 0 Å². The third kappa shape index (κ3) is 2.11. The molecule has 0 aliphatic heterocycles. The predicted octanol–water partition coefficient (Wildman–Crippen LogP) is 3.75. The standard InChI is InChI=1S/C12H26OSi/c1-9-10(2)12(6,13)14(7,8)11(3,4)5/h9,13H,1-8H3/b10-9-/t12-/m1/s1. The summed E-state index contributed by atoms with van der Waals surface area (Å²) in [4.78, 5) is 0. The maximum absolute atomic E-state index is 10.6. The number of hydrogen-bond donors (Lipinski definition) is 1. The lowest BCUT2D eigenvalue weighted by atomic mass is 10.2. The second-order valence-electron chi connectivity index (χ2n) is 5.92. The quantitative estimate of drug-likeness (QED) is 0.548. The summed E-state index contributed by atoms with van der Waals surface area (Å²) in [6.45, 7) is 17.2. The number of allylic oxidation sites excluding steroid dienone is 1. The van der Waals surface area contributed by atoms with Crippen LogP contribution in [0.25, 0.3) is 0 Å². The Balaban J connectivity index is 5.29. The van der Waals surface area contributed by atoms with E-state index >= 15 is 0 Å². The van der Waals surface area contributed by atoms with Crippen LogP contribution >= 0.6 is 0 Å². The Morgan fingerprint density at radius 3 is 1.71 bits per heavy atom. The minimum absolute atomic E-state index is 0.209. The molecule has 2 heteroatoms. The predicted molar refractivity (Wildman–Crippen MR) is 67.3 cm³/mol. The number of hydrogen-bond acceptors (Lipinski definition) is 1. The monoisotopic (exact) mass is 214 g/mol. The van der Waals surface area contributed by atoms with Crippen LogP contribution in [0, 0.1) is 0 Å². The van der Waals surface area contributed by atoms with Crippen molar-refractivity contribution in [2.75, 3.05) is 0 Å². The first-order valence-electron chi connectivity index (χ1n) is 5.34. The van der Waals surface area contributed by atoms with Crippen LogP contribution in [-0.2, 0) is 0 Å². The minimum atomic E-state index is -1.73. The van der Waals surface area contributed by atoms with E-state index < -0.39 is 13.3 Å². The summed E-state index contributed by atoms with van der Waals surface area (Å²) in [5.41, 5.74) is 1.10. The zero-order valence-electron chi connectivity index (χ0n) is 11.0. The summed E-state index contributed by atoms with van der Waals surface area (Å²) in [6.07, 6.45) is 2.03. The number of aliphatic hydroxyl groups is 1. The van der Waals surface area contributed by atoms with E-state index in [1.165, 1.54) is 0 Å². The molecule has 0 aromatic heterocycles. The molecule has 0 spiro atoms. The van der Waals surface area contributed by atoms with Crippen molar-refractivity contribution < 1.29 is 5.11 Å². The maximum Gasteiger partial charge on any atom is 0.0953 e. The fourth-order valence-electron chi connectivity index (χ4n) is 1.50. The molecule has 0 saturated carbocycles. The normalized spacial score (nSPS) is 19.4. The molecule has 0 aliphatic carbocycles. The van der Waals surface area contributed by atoms with E-state index in [9.17, 15) is 5.11 Å². The molecule has 14 heavy (non-hydrogen) atoms. The second-order valence-corrected chi connectivity index (χ2v) is 11.6. The molecular weight excluding hydrogens is 188 g/mol. The van der Waals surface area contributed by atoms with Gasteiger partial charge >= 0.3 is 0 Å². The van der Waals surface area contributed by atoms with Gasteiger partial charge in [-0.3, -0.25) is 0 Å². The third-order valence-electron chi connectivity index (χ3n) is 4.29. The van der Waals surface area contributed by atoms with Gasteiger partial charge in [0.1, 0.15) is 0 Å². The highest BCUT2D eigenvalue weighted by atomic mass is 28.3. The van der Waals surface area contributed by atoms with Gasteiger partial charge in [-0.15, -0.1) is 0 Å². The molecule has 84 valence electrons. The molecule has 0 aromatic rings. The minimum Gasteiger partial charge on any atom is -0.389 e. The van der Waals surface area contributed by atoms with Crippen molar-refractivity contribution in [2.24, 2.45) is 0 Å². The first kappa shape index (κ1) is 13.9. The summed E-state index contributed by atoms with van der Waals surface area (Å²) < 4.78 is 0. The van der Waals surface area contributed by atoms with Gasteiger partial charge < -0.3 is 5.11 Å². The Kier molecular flexibility index (Phi) is 3.80. The molecular formula is C12H26OSi. The highest BCUT2D eigenvalue weighted by Crippen LogP contribution is 2.45. The van der Waals surface area contributed by atoms with E-state index in [1.807, 2.05) is 26.8 Å². The molecule has 0 fully saturated rings. The zero-order valence-corrected chi connectivity index (χ0v) is 12.0. The summed E-state index contributed by atoms with van der Waals surface area (Å²) in [6, 6.07) is 0. The largest absolute Gasteiger partial charge is 0.389 e. The SMILES string of the molecule is C/C=C(/C)[C@](C)(O)[Si](C)(C)C(C)(C)C. The zero-order chi connectivity index (χ0) is 11.8. The summed E-state index contributed by atoms with van der Waals surface area (Å²) in [5, 5.41) is 10.2. The molecule has 0 heterocycles. The third-order valence-corrected chi connectivity index (χ3v) is 10.9. The van der Waals surface area contributed by atoms with Crippen LogP contribution < -0.4 is 0 Å².